The Labute approximate surface area is 94.1 Å². The molecular weight excluding hydrogens is 210 g/mol. The predicted octanol–water partition coefficient (Wildman–Crippen LogP) is 3.43. The van der Waals surface area contributed by atoms with Gasteiger partial charge in [-0.15, -0.1) is 6.92 Å². The van der Waals surface area contributed by atoms with Crippen molar-refractivity contribution in [1.29, 1.82) is 0 Å². The van der Waals surface area contributed by atoms with E-state index in [-0.39, 0.29) is 19.5 Å². The zero-order chi connectivity index (χ0) is 9.07. The molecule has 0 aliphatic heterocycles. The molecule has 1 heteroatoms. The summed E-state index contributed by atoms with van der Waals surface area (Å²) in [5.74, 6) is 0. The van der Waals surface area contributed by atoms with Crippen molar-refractivity contribution in [2.45, 2.75) is 13.8 Å². The van der Waals surface area contributed by atoms with Gasteiger partial charge >= 0.3 is 19.5 Å². The van der Waals surface area contributed by atoms with E-state index in [2.05, 4.69) is 12.1 Å². The summed E-state index contributed by atoms with van der Waals surface area (Å²) in [6, 6.07) is 12.5. The van der Waals surface area contributed by atoms with E-state index in [1.807, 2.05) is 62.4 Å². The fourth-order valence-corrected chi connectivity index (χ4v) is 0.534. The normalized spacial score (nSPS) is 9.08. The van der Waals surface area contributed by atoms with E-state index >= 15 is 0 Å². The largest absolute Gasteiger partial charge is 2.00 e. The van der Waals surface area contributed by atoms with E-state index in [0.29, 0.717) is 0 Å². The molecule has 64 valence electrons. The van der Waals surface area contributed by atoms with Gasteiger partial charge in [-0.1, -0.05) is 6.92 Å². The van der Waals surface area contributed by atoms with Crippen LogP contribution >= 0.6 is 0 Å². The summed E-state index contributed by atoms with van der Waals surface area (Å²) >= 11 is 0. The zero-order valence-corrected chi connectivity index (χ0v) is 11.3. The van der Waals surface area contributed by atoms with E-state index in [4.69, 9.17) is 0 Å². The summed E-state index contributed by atoms with van der Waals surface area (Å²) in [5.41, 5.74) is 0. The van der Waals surface area contributed by atoms with Crippen LogP contribution < -0.4 is 0 Å². The molecule has 0 heterocycles. The maximum absolute atomic E-state index is 2.89. The fraction of sp³-hybridized carbons (Fsp3) is 0.167. The molecule has 1 rings (SSSR count). The van der Waals surface area contributed by atoms with Crippen LogP contribution in [0.15, 0.2) is 48.6 Å². The first kappa shape index (κ1) is 14.8. The molecule has 0 fully saturated rings. The monoisotopic (exact) mass is 222 g/mol. The maximum atomic E-state index is 2.89. The van der Waals surface area contributed by atoms with E-state index in [9.17, 15) is 0 Å². The van der Waals surface area contributed by atoms with Gasteiger partial charge in [0.25, 0.3) is 0 Å². The van der Waals surface area contributed by atoms with Gasteiger partial charge in [0.15, 0.2) is 0 Å². The zero-order valence-electron chi connectivity index (χ0n) is 8.33. The Morgan fingerprint density at radius 3 is 1.92 bits per heavy atom. The average molecular weight is 224 g/mol. The van der Waals surface area contributed by atoms with Crippen LogP contribution in [-0.2, 0) is 19.5 Å². The van der Waals surface area contributed by atoms with Crippen LogP contribution in [0.1, 0.15) is 13.8 Å². The molecule has 0 saturated carbocycles. The molecule has 0 amide bonds. The number of hydrogen-bond donors (Lipinski definition) is 0. The van der Waals surface area contributed by atoms with Crippen LogP contribution in [0.3, 0.4) is 0 Å². The Morgan fingerprint density at radius 2 is 1.77 bits per heavy atom. The van der Waals surface area contributed by atoms with Crippen molar-refractivity contribution in [2.75, 3.05) is 0 Å². The summed E-state index contributed by atoms with van der Waals surface area (Å²) in [7, 11) is 0. The molecule has 0 unspecified atom stereocenters. The smallest absolute Gasteiger partial charge is 0.279 e. The molecule has 0 bridgehead atoms. The first-order valence-electron chi connectivity index (χ1n) is 3.94. The summed E-state index contributed by atoms with van der Waals surface area (Å²) in [5, 5.41) is 0. The second-order valence-electron chi connectivity index (χ2n) is 2.06. The van der Waals surface area contributed by atoms with Gasteiger partial charge in [-0.25, -0.2) is 12.2 Å². The Morgan fingerprint density at radius 1 is 1.15 bits per heavy atom. The van der Waals surface area contributed by atoms with Gasteiger partial charge in [0, 0.05) is 0 Å². The van der Waals surface area contributed by atoms with Crippen LogP contribution in [0.4, 0.5) is 0 Å². The van der Waals surface area contributed by atoms with Crippen molar-refractivity contribution in [3.8, 4) is 0 Å². The van der Waals surface area contributed by atoms with Crippen molar-refractivity contribution < 1.29 is 19.5 Å². The van der Waals surface area contributed by atoms with Crippen LogP contribution in [0.2, 0.25) is 0 Å². The molecule has 0 spiro atoms. The second kappa shape index (κ2) is 13.9. The first-order valence-corrected chi connectivity index (χ1v) is 3.94. The SMILES string of the molecule is C[C-]=C/C=C\C.[Zn+2].[c-]1ccccc1. The second-order valence-corrected chi connectivity index (χ2v) is 2.06. The van der Waals surface area contributed by atoms with Crippen molar-refractivity contribution >= 4 is 0 Å². The minimum atomic E-state index is 0. The number of benzene rings is 1. The Kier molecular flexibility index (Phi) is 15.8. The molecule has 0 aliphatic rings. The molecule has 0 N–H and O–H groups in total. The van der Waals surface area contributed by atoms with Crippen LogP contribution in [-0.4, -0.2) is 0 Å². The van der Waals surface area contributed by atoms with Crippen LogP contribution in [0.25, 0.3) is 0 Å². The summed E-state index contributed by atoms with van der Waals surface area (Å²) in [6.07, 6.45) is 8.64. The Bertz CT molecular complexity index is 175. The first-order chi connectivity index (χ1) is 5.91. The summed E-state index contributed by atoms with van der Waals surface area (Å²) in [6.45, 7) is 3.86. The third-order valence-electron chi connectivity index (χ3n) is 1.06. The topological polar surface area (TPSA) is 0 Å². The molecule has 0 aromatic heterocycles. The molecule has 0 saturated heterocycles. The molecule has 0 aliphatic carbocycles. The fourth-order valence-electron chi connectivity index (χ4n) is 0.534. The van der Waals surface area contributed by atoms with Gasteiger partial charge < -0.3 is 0 Å². The minimum absolute atomic E-state index is 0. The molecule has 0 nitrogen and oxygen atoms in total. The van der Waals surface area contributed by atoms with E-state index in [0.717, 1.165) is 0 Å². The van der Waals surface area contributed by atoms with Crippen molar-refractivity contribution in [2.24, 2.45) is 0 Å². The number of rotatable bonds is 1. The van der Waals surface area contributed by atoms with Gasteiger partial charge in [-0.05, 0) is 0 Å². The van der Waals surface area contributed by atoms with Crippen molar-refractivity contribution in [3.05, 3.63) is 60.7 Å². The maximum Gasteiger partial charge on any atom is 2.00 e. The molecule has 0 atom stereocenters. The summed E-state index contributed by atoms with van der Waals surface area (Å²) in [4.78, 5) is 0. The van der Waals surface area contributed by atoms with E-state index in [1.165, 1.54) is 0 Å². The van der Waals surface area contributed by atoms with Gasteiger partial charge in [0.2, 0.25) is 0 Å². The minimum Gasteiger partial charge on any atom is -0.279 e. The van der Waals surface area contributed by atoms with Gasteiger partial charge in [0.05, 0.1) is 0 Å². The van der Waals surface area contributed by atoms with Gasteiger partial charge in [-0.3, -0.25) is 6.08 Å². The van der Waals surface area contributed by atoms with Crippen LogP contribution in [0.5, 0.6) is 0 Å². The standard InChI is InChI=1S/C6H5.C6H9.Zn/c1-2-4-6-5-3-1;1-3-5-6-4-2;/h1-5H;3,5-6H,1-2H3;/q2*-1;+2/b;5-3-;. The van der Waals surface area contributed by atoms with E-state index < -0.39 is 0 Å². The van der Waals surface area contributed by atoms with Gasteiger partial charge in [0.1, 0.15) is 0 Å². The third kappa shape index (κ3) is 14.2. The Balaban J connectivity index is 0. The molecule has 0 radical (unpaired) electrons. The third-order valence-corrected chi connectivity index (χ3v) is 1.06. The Hall–Kier alpha value is -0.677. The predicted molar refractivity (Wildman–Crippen MR) is 53.6 cm³/mol. The molecular formula is C12H14Zn. The van der Waals surface area contributed by atoms with Gasteiger partial charge in [-0.2, -0.15) is 42.5 Å². The summed E-state index contributed by atoms with van der Waals surface area (Å²) < 4.78 is 0. The average Bonchev–Trinajstić information content (AvgIpc) is 2.18. The molecule has 13 heavy (non-hydrogen) atoms. The van der Waals surface area contributed by atoms with Crippen LogP contribution in [0, 0.1) is 12.1 Å². The van der Waals surface area contributed by atoms with Crippen molar-refractivity contribution in [3.63, 3.8) is 0 Å². The molecule has 1 aromatic rings. The number of allylic oxidation sites excluding steroid dienone is 4. The quantitative estimate of drug-likeness (QED) is 0.389. The molecule has 1 aromatic carbocycles. The van der Waals surface area contributed by atoms with E-state index in [1.54, 1.807) is 0 Å². The van der Waals surface area contributed by atoms with Crippen molar-refractivity contribution in [1.82, 2.24) is 0 Å². The number of hydrogen-bond acceptors (Lipinski definition) is 0.